The van der Waals surface area contributed by atoms with Gasteiger partial charge < -0.3 is 5.32 Å². The first kappa shape index (κ1) is 13.3. The highest BCUT2D eigenvalue weighted by atomic mass is 127. The van der Waals surface area contributed by atoms with Crippen molar-refractivity contribution >= 4 is 32.6 Å². The Kier molecular flexibility index (Phi) is 4.40. The number of hydrogen-bond donors (Lipinski definition) is 2. The van der Waals surface area contributed by atoms with E-state index in [9.17, 15) is 8.42 Å². The van der Waals surface area contributed by atoms with Crippen LogP contribution in [0.1, 0.15) is 12.8 Å². The van der Waals surface area contributed by atoms with Crippen LogP contribution in [0.2, 0.25) is 0 Å². The molecule has 17 heavy (non-hydrogen) atoms. The molecule has 2 N–H and O–H groups in total. The van der Waals surface area contributed by atoms with Gasteiger partial charge in [-0.05, 0) is 60.2 Å². The standard InChI is InChI=1S/C11H15IN2O2S/c12-9-3-1-5-11(7-9)17(15,16)14-10-4-2-6-13-8-10/h1,3,5,7,10,13-14H,2,4,6,8H2. The Hall–Kier alpha value is -0.180. The summed E-state index contributed by atoms with van der Waals surface area (Å²) >= 11 is 2.11. The Balaban J connectivity index is 2.13. The first-order chi connectivity index (χ1) is 8.08. The highest BCUT2D eigenvalue weighted by molar-refractivity contribution is 14.1. The van der Waals surface area contributed by atoms with E-state index in [4.69, 9.17) is 0 Å². The Morgan fingerprint density at radius 3 is 2.88 bits per heavy atom. The molecule has 2 rings (SSSR count). The first-order valence-electron chi connectivity index (χ1n) is 5.56. The molecule has 1 aliphatic rings. The van der Waals surface area contributed by atoms with E-state index in [-0.39, 0.29) is 6.04 Å². The number of piperidine rings is 1. The Morgan fingerprint density at radius 1 is 1.41 bits per heavy atom. The van der Waals surface area contributed by atoms with E-state index in [1.54, 1.807) is 18.2 Å². The molecule has 1 unspecified atom stereocenters. The lowest BCUT2D eigenvalue weighted by atomic mass is 10.1. The summed E-state index contributed by atoms with van der Waals surface area (Å²) in [4.78, 5) is 0.343. The van der Waals surface area contributed by atoms with Crippen LogP contribution in [0.25, 0.3) is 0 Å². The van der Waals surface area contributed by atoms with E-state index < -0.39 is 10.0 Å². The summed E-state index contributed by atoms with van der Waals surface area (Å²) in [6, 6.07) is 6.95. The van der Waals surface area contributed by atoms with Crippen LogP contribution in [-0.4, -0.2) is 27.5 Å². The second-order valence-corrected chi connectivity index (χ2v) is 7.08. The fourth-order valence-corrected chi connectivity index (χ4v) is 3.94. The summed E-state index contributed by atoms with van der Waals surface area (Å²) in [6.07, 6.45) is 1.91. The summed E-state index contributed by atoms with van der Waals surface area (Å²) in [6.45, 7) is 1.69. The third-order valence-electron chi connectivity index (χ3n) is 2.73. The fourth-order valence-electron chi connectivity index (χ4n) is 1.87. The molecule has 4 nitrogen and oxygen atoms in total. The van der Waals surface area contributed by atoms with Crippen molar-refractivity contribution in [2.24, 2.45) is 0 Å². The SMILES string of the molecule is O=S(=O)(NC1CCCNC1)c1cccc(I)c1. The number of benzene rings is 1. The van der Waals surface area contributed by atoms with Crippen molar-refractivity contribution in [2.45, 2.75) is 23.8 Å². The topological polar surface area (TPSA) is 58.2 Å². The number of sulfonamides is 1. The molecule has 0 spiro atoms. The number of halogens is 1. The first-order valence-corrected chi connectivity index (χ1v) is 8.13. The predicted octanol–water partition coefficient (Wildman–Crippen LogP) is 1.32. The Morgan fingerprint density at radius 2 is 2.24 bits per heavy atom. The van der Waals surface area contributed by atoms with Gasteiger partial charge in [-0.15, -0.1) is 0 Å². The smallest absolute Gasteiger partial charge is 0.240 e. The van der Waals surface area contributed by atoms with Crippen LogP contribution in [-0.2, 0) is 10.0 Å². The van der Waals surface area contributed by atoms with Crippen molar-refractivity contribution < 1.29 is 8.42 Å². The molecule has 1 aromatic rings. The summed E-state index contributed by atoms with van der Waals surface area (Å²) in [5.74, 6) is 0. The lowest BCUT2D eigenvalue weighted by Crippen LogP contribution is -2.45. The van der Waals surface area contributed by atoms with E-state index in [1.165, 1.54) is 0 Å². The number of nitrogens with one attached hydrogen (secondary N) is 2. The maximum Gasteiger partial charge on any atom is 0.240 e. The molecule has 1 aliphatic heterocycles. The van der Waals surface area contributed by atoms with Crippen LogP contribution < -0.4 is 10.0 Å². The average molecular weight is 366 g/mol. The van der Waals surface area contributed by atoms with Crippen LogP contribution in [0.15, 0.2) is 29.2 Å². The molecular weight excluding hydrogens is 351 g/mol. The molecule has 94 valence electrons. The largest absolute Gasteiger partial charge is 0.315 e. The van der Waals surface area contributed by atoms with Gasteiger partial charge in [0, 0.05) is 16.2 Å². The minimum atomic E-state index is -3.38. The monoisotopic (exact) mass is 366 g/mol. The Labute approximate surface area is 115 Å². The molecule has 1 fully saturated rings. The maximum atomic E-state index is 12.1. The summed E-state index contributed by atoms with van der Waals surface area (Å²) in [5, 5.41) is 3.19. The van der Waals surface area contributed by atoms with E-state index in [2.05, 4.69) is 32.6 Å². The second kappa shape index (κ2) is 5.64. The molecule has 1 saturated heterocycles. The number of hydrogen-bond acceptors (Lipinski definition) is 3. The van der Waals surface area contributed by atoms with Crippen molar-refractivity contribution in [1.82, 2.24) is 10.0 Å². The van der Waals surface area contributed by atoms with E-state index in [0.29, 0.717) is 11.4 Å². The molecule has 6 heteroatoms. The summed E-state index contributed by atoms with van der Waals surface area (Å²) in [5.41, 5.74) is 0. The van der Waals surface area contributed by atoms with E-state index in [0.717, 1.165) is 23.0 Å². The van der Waals surface area contributed by atoms with Crippen molar-refractivity contribution in [2.75, 3.05) is 13.1 Å². The van der Waals surface area contributed by atoms with E-state index in [1.807, 2.05) is 6.07 Å². The second-order valence-electron chi connectivity index (χ2n) is 4.12. The third-order valence-corrected chi connectivity index (χ3v) is 4.91. The maximum absolute atomic E-state index is 12.1. The van der Waals surface area contributed by atoms with Gasteiger partial charge in [-0.2, -0.15) is 0 Å². The van der Waals surface area contributed by atoms with Crippen molar-refractivity contribution in [1.29, 1.82) is 0 Å². The zero-order valence-electron chi connectivity index (χ0n) is 9.32. The van der Waals surface area contributed by atoms with E-state index >= 15 is 0 Å². The van der Waals surface area contributed by atoms with Gasteiger partial charge >= 0.3 is 0 Å². The molecular formula is C11H15IN2O2S. The lowest BCUT2D eigenvalue weighted by Gasteiger charge is -2.23. The van der Waals surface area contributed by atoms with Gasteiger partial charge in [0.25, 0.3) is 0 Å². The zero-order chi connectivity index (χ0) is 12.3. The van der Waals surface area contributed by atoms with Crippen molar-refractivity contribution in [3.63, 3.8) is 0 Å². The van der Waals surface area contributed by atoms with Gasteiger partial charge in [0.15, 0.2) is 0 Å². The van der Waals surface area contributed by atoms with Crippen LogP contribution in [0.4, 0.5) is 0 Å². The molecule has 0 amide bonds. The molecule has 1 heterocycles. The number of rotatable bonds is 3. The normalized spacial score (nSPS) is 21.4. The molecule has 1 aromatic carbocycles. The Bertz CT molecular complexity index is 484. The molecule has 0 saturated carbocycles. The summed E-state index contributed by atoms with van der Waals surface area (Å²) in [7, 11) is -3.38. The van der Waals surface area contributed by atoms with Crippen LogP contribution >= 0.6 is 22.6 Å². The minimum Gasteiger partial charge on any atom is -0.315 e. The van der Waals surface area contributed by atoms with Gasteiger partial charge in [0.2, 0.25) is 10.0 Å². The van der Waals surface area contributed by atoms with Crippen LogP contribution in [0, 0.1) is 3.57 Å². The fraction of sp³-hybridized carbons (Fsp3) is 0.455. The molecule has 1 atom stereocenters. The van der Waals surface area contributed by atoms with Crippen LogP contribution in [0.5, 0.6) is 0 Å². The van der Waals surface area contributed by atoms with Gasteiger partial charge in [-0.3, -0.25) is 0 Å². The van der Waals surface area contributed by atoms with Crippen molar-refractivity contribution in [3.05, 3.63) is 27.8 Å². The quantitative estimate of drug-likeness (QED) is 0.794. The summed E-state index contributed by atoms with van der Waals surface area (Å²) < 4.78 is 27.9. The predicted molar refractivity (Wildman–Crippen MR) is 75.4 cm³/mol. The van der Waals surface area contributed by atoms with Gasteiger partial charge in [0.05, 0.1) is 4.90 Å². The molecule has 0 radical (unpaired) electrons. The highest BCUT2D eigenvalue weighted by Crippen LogP contribution is 2.14. The van der Waals surface area contributed by atoms with Gasteiger partial charge in [-0.25, -0.2) is 13.1 Å². The molecule has 0 aromatic heterocycles. The molecule has 0 bridgehead atoms. The average Bonchev–Trinajstić information content (AvgIpc) is 2.30. The zero-order valence-corrected chi connectivity index (χ0v) is 12.3. The highest BCUT2D eigenvalue weighted by Gasteiger charge is 2.21. The lowest BCUT2D eigenvalue weighted by molar-refractivity contribution is 0.428. The third kappa shape index (κ3) is 3.64. The van der Waals surface area contributed by atoms with Gasteiger partial charge in [0.1, 0.15) is 0 Å². The minimum absolute atomic E-state index is 0.00613. The van der Waals surface area contributed by atoms with Gasteiger partial charge in [-0.1, -0.05) is 6.07 Å². The molecule has 0 aliphatic carbocycles. The van der Waals surface area contributed by atoms with Crippen LogP contribution in [0.3, 0.4) is 0 Å². The van der Waals surface area contributed by atoms with Crippen molar-refractivity contribution in [3.8, 4) is 0 Å².